The molecule has 0 heterocycles. The fraction of sp³-hybridized carbons (Fsp3) is 0.263. The predicted octanol–water partition coefficient (Wildman–Crippen LogP) is 3.74. The van der Waals surface area contributed by atoms with E-state index in [1.807, 2.05) is 54.6 Å². The van der Waals surface area contributed by atoms with Gasteiger partial charge < -0.3 is 15.3 Å². The SMILES string of the molecule is CN(CCC(=O)O)C(=O)NC(Cc1ccc(Cl)cc1)c1ccccc1. The van der Waals surface area contributed by atoms with Crippen LogP contribution in [-0.4, -0.2) is 35.6 Å². The van der Waals surface area contributed by atoms with Crippen LogP contribution in [0.5, 0.6) is 0 Å². The lowest BCUT2D eigenvalue weighted by Gasteiger charge is -2.24. The standard InChI is InChI=1S/C19H21ClN2O3/c1-22(12-11-18(23)24)19(25)21-17(15-5-3-2-4-6-15)13-14-7-9-16(20)10-8-14/h2-10,17H,11-13H2,1H3,(H,21,25)(H,23,24). The Labute approximate surface area is 152 Å². The summed E-state index contributed by atoms with van der Waals surface area (Å²) in [4.78, 5) is 24.4. The van der Waals surface area contributed by atoms with Gasteiger partial charge >= 0.3 is 12.0 Å². The van der Waals surface area contributed by atoms with Crippen LogP contribution in [0.4, 0.5) is 4.79 Å². The molecule has 25 heavy (non-hydrogen) atoms. The van der Waals surface area contributed by atoms with Gasteiger partial charge in [-0.05, 0) is 29.7 Å². The predicted molar refractivity (Wildman–Crippen MR) is 97.8 cm³/mol. The summed E-state index contributed by atoms with van der Waals surface area (Å²) in [6.07, 6.45) is 0.525. The van der Waals surface area contributed by atoms with Crippen molar-refractivity contribution >= 4 is 23.6 Å². The highest BCUT2D eigenvalue weighted by Crippen LogP contribution is 2.20. The molecule has 2 aromatic rings. The second kappa shape index (κ2) is 9.08. The summed E-state index contributed by atoms with van der Waals surface area (Å²) in [6, 6.07) is 16.7. The average molecular weight is 361 g/mol. The highest BCUT2D eigenvalue weighted by molar-refractivity contribution is 6.30. The zero-order valence-corrected chi connectivity index (χ0v) is 14.7. The van der Waals surface area contributed by atoms with Crippen molar-refractivity contribution in [3.63, 3.8) is 0 Å². The van der Waals surface area contributed by atoms with Crippen LogP contribution in [0.15, 0.2) is 54.6 Å². The topological polar surface area (TPSA) is 69.6 Å². The van der Waals surface area contributed by atoms with Crippen molar-refractivity contribution in [2.45, 2.75) is 18.9 Å². The summed E-state index contributed by atoms with van der Waals surface area (Å²) in [6.45, 7) is 0.156. The van der Waals surface area contributed by atoms with Crippen molar-refractivity contribution in [3.05, 3.63) is 70.7 Å². The third kappa shape index (κ3) is 6.12. The van der Waals surface area contributed by atoms with E-state index in [0.717, 1.165) is 11.1 Å². The van der Waals surface area contributed by atoms with Gasteiger partial charge in [0, 0.05) is 18.6 Å². The largest absolute Gasteiger partial charge is 0.481 e. The molecule has 0 saturated carbocycles. The van der Waals surface area contributed by atoms with Crippen LogP contribution >= 0.6 is 11.6 Å². The Kier molecular flexibility index (Phi) is 6.83. The summed E-state index contributed by atoms with van der Waals surface area (Å²) in [5, 5.41) is 12.4. The maximum absolute atomic E-state index is 12.4. The number of halogens is 1. The van der Waals surface area contributed by atoms with Crippen molar-refractivity contribution in [1.82, 2.24) is 10.2 Å². The monoisotopic (exact) mass is 360 g/mol. The minimum Gasteiger partial charge on any atom is -0.481 e. The molecule has 0 radical (unpaired) electrons. The maximum Gasteiger partial charge on any atom is 0.317 e. The summed E-state index contributed by atoms with van der Waals surface area (Å²) < 4.78 is 0. The fourth-order valence-electron chi connectivity index (χ4n) is 2.42. The second-order valence-electron chi connectivity index (χ2n) is 5.81. The van der Waals surface area contributed by atoms with Gasteiger partial charge in [-0.3, -0.25) is 4.79 Å². The Morgan fingerprint density at radius 3 is 2.36 bits per heavy atom. The van der Waals surface area contributed by atoms with E-state index in [0.29, 0.717) is 11.4 Å². The van der Waals surface area contributed by atoms with Gasteiger partial charge in [0.05, 0.1) is 12.5 Å². The lowest BCUT2D eigenvalue weighted by Crippen LogP contribution is -2.40. The molecule has 0 aliphatic rings. The summed E-state index contributed by atoms with van der Waals surface area (Å²) in [5.41, 5.74) is 2.03. The third-order valence-electron chi connectivity index (χ3n) is 3.86. The van der Waals surface area contributed by atoms with Crippen LogP contribution in [0.1, 0.15) is 23.6 Å². The van der Waals surface area contributed by atoms with Crippen LogP contribution in [0.2, 0.25) is 5.02 Å². The molecule has 0 fully saturated rings. The minimum absolute atomic E-state index is 0.0862. The van der Waals surface area contributed by atoms with E-state index in [2.05, 4.69) is 5.32 Å². The highest BCUT2D eigenvalue weighted by atomic mass is 35.5. The van der Waals surface area contributed by atoms with Crippen molar-refractivity contribution in [1.29, 1.82) is 0 Å². The number of urea groups is 1. The first-order chi connectivity index (χ1) is 12.0. The molecule has 0 saturated heterocycles. The van der Waals surface area contributed by atoms with E-state index >= 15 is 0 Å². The molecule has 0 spiro atoms. The zero-order valence-electron chi connectivity index (χ0n) is 14.0. The Balaban J connectivity index is 2.10. The van der Waals surface area contributed by atoms with E-state index in [1.54, 1.807) is 7.05 Å². The smallest absolute Gasteiger partial charge is 0.317 e. The van der Waals surface area contributed by atoms with E-state index in [9.17, 15) is 9.59 Å². The van der Waals surface area contributed by atoms with Crippen molar-refractivity contribution in [3.8, 4) is 0 Å². The molecule has 1 atom stereocenters. The number of benzene rings is 2. The maximum atomic E-state index is 12.4. The van der Waals surface area contributed by atoms with Gasteiger partial charge in [-0.25, -0.2) is 4.79 Å². The van der Waals surface area contributed by atoms with E-state index in [1.165, 1.54) is 4.90 Å². The molecular formula is C19H21ClN2O3. The van der Waals surface area contributed by atoms with Crippen molar-refractivity contribution in [2.24, 2.45) is 0 Å². The number of nitrogens with one attached hydrogen (secondary N) is 1. The number of carbonyl (C=O) groups is 2. The Morgan fingerprint density at radius 2 is 1.76 bits per heavy atom. The number of rotatable bonds is 7. The zero-order chi connectivity index (χ0) is 18.2. The molecular weight excluding hydrogens is 340 g/mol. The molecule has 1 unspecified atom stereocenters. The summed E-state index contributed by atoms with van der Waals surface area (Å²) in [7, 11) is 1.59. The van der Waals surface area contributed by atoms with Gasteiger partial charge in [0.25, 0.3) is 0 Å². The first kappa shape index (κ1) is 18.8. The molecule has 2 aromatic carbocycles. The number of aliphatic carboxylic acids is 1. The quantitative estimate of drug-likeness (QED) is 0.790. The van der Waals surface area contributed by atoms with Crippen molar-refractivity contribution in [2.75, 3.05) is 13.6 Å². The lowest BCUT2D eigenvalue weighted by atomic mass is 9.99. The van der Waals surface area contributed by atoms with E-state index < -0.39 is 5.97 Å². The number of carboxylic acids is 1. The van der Waals surface area contributed by atoms with Crippen molar-refractivity contribution < 1.29 is 14.7 Å². The second-order valence-corrected chi connectivity index (χ2v) is 6.25. The highest BCUT2D eigenvalue weighted by Gasteiger charge is 2.18. The normalized spacial score (nSPS) is 11.6. The van der Waals surface area contributed by atoms with E-state index in [4.69, 9.17) is 16.7 Å². The molecule has 2 N–H and O–H groups in total. The number of amides is 2. The number of hydrogen-bond donors (Lipinski definition) is 2. The molecule has 0 bridgehead atoms. The van der Waals surface area contributed by atoms with Crippen LogP contribution in [0, 0.1) is 0 Å². The van der Waals surface area contributed by atoms with Gasteiger partial charge in [0.15, 0.2) is 0 Å². The minimum atomic E-state index is -0.930. The third-order valence-corrected chi connectivity index (χ3v) is 4.11. The van der Waals surface area contributed by atoms with Gasteiger partial charge in [0.1, 0.15) is 0 Å². The molecule has 0 aromatic heterocycles. The number of nitrogens with zero attached hydrogens (tertiary/aromatic N) is 1. The molecule has 132 valence electrons. The molecule has 0 aliphatic carbocycles. The van der Waals surface area contributed by atoms with Crippen LogP contribution < -0.4 is 5.32 Å². The molecule has 6 heteroatoms. The average Bonchev–Trinajstić information content (AvgIpc) is 2.61. The Morgan fingerprint density at radius 1 is 1.12 bits per heavy atom. The van der Waals surface area contributed by atoms with E-state index in [-0.39, 0.29) is 25.0 Å². The Bertz CT molecular complexity index is 704. The van der Waals surface area contributed by atoms with Crippen LogP contribution in [0.25, 0.3) is 0 Å². The molecule has 5 nitrogen and oxygen atoms in total. The van der Waals surface area contributed by atoms with Crippen LogP contribution in [0.3, 0.4) is 0 Å². The molecule has 2 rings (SSSR count). The number of hydrogen-bond acceptors (Lipinski definition) is 2. The molecule has 0 aliphatic heterocycles. The van der Waals surface area contributed by atoms with Gasteiger partial charge in [-0.15, -0.1) is 0 Å². The first-order valence-corrected chi connectivity index (χ1v) is 8.36. The Hall–Kier alpha value is -2.53. The summed E-state index contributed by atoms with van der Waals surface area (Å²) in [5.74, 6) is -0.930. The van der Waals surface area contributed by atoms with Gasteiger partial charge in [-0.2, -0.15) is 0 Å². The van der Waals surface area contributed by atoms with Gasteiger partial charge in [-0.1, -0.05) is 54.1 Å². The fourth-order valence-corrected chi connectivity index (χ4v) is 2.54. The lowest BCUT2D eigenvalue weighted by molar-refractivity contribution is -0.137. The first-order valence-electron chi connectivity index (χ1n) is 7.98. The number of carboxylic acid groups (broad SMARTS) is 1. The molecule has 2 amide bonds. The number of carbonyl (C=O) groups excluding carboxylic acids is 1. The van der Waals surface area contributed by atoms with Gasteiger partial charge in [0.2, 0.25) is 0 Å². The summed E-state index contributed by atoms with van der Waals surface area (Å²) >= 11 is 5.93. The van der Waals surface area contributed by atoms with Crippen LogP contribution in [-0.2, 0) is 11.2 Å².